The minimum absolute atomic E-state index is 0.00761. The van der Waals surface area contributed by atoms with Crippen LogP contribution in [-0.2, 0) is 19.0 Å². The van der Waals surface area contributed by atoms with Crippen molar-refractivity contribution in [1.82, 2.24) is 0 Å². The summed E-state index contributed by atoms with van der Waals surface area (Å²) in [5.41, 5.74) is 1.73. The Bertz CT molecular complexity index is 1080. The first-order valence-electron chi connectivity index (χ1n) is 9.88. The molecular formula is C26H21F3O. The highest BCUT2D eigenvalue weighted by Gasteiger charge is 2.44. The summed E-state index contributed by atoms with van der Waals surface area (Å²) in [6.45, 7) is 0. The van der Waals surface area contributed by atoms with Crippen molar-refractivity contribution in [2.75, 3.05) is 0 Å². The predicted molar refractivity (Wildman–Crippen MR) is 112 cm³/mol. The quantitative estimate of drug-likeness (QED) is 0.457. The van der Waals surface area contributed by atoms with Crippen molar-refractivity contribution in [3.63, 3.8) is 0 Å². The van der Waals surface area contributed by atoms with Crippen LogP contribution >= 0.6 is 0 Å². The summed E-state index contributed by atoms with van der Waals surface area (Å²) in [6, 6.07) is 22.6. The Kier molecular flexibility index (Phi) is 5.33. The molecule has 0 unspecified atom stereocenters. The van der Waals surface area contributed by atoms with Gasteiger partial charge in [0.15, 0.2) is 5.78 Å². The normalized spacial score (nSPS) is 18.7. The van der Waals surface area contributed by atoms with E-state index in [2.05, 4.69) is 0 Å². The molecule has 1 aliphatic rings. The van der Waals surface area contributed by atoms with E-state index in [1.807, 2.05) is 66.7 Å². The lowest BCUT2D eigenvalue weighted by atomic mass is 9.75. The number of ketones is 1. The highest BCUT2D eigenvalue weighted by atomic mass is 19.4. The van der Waals surface area contributed by atoms with Crippen molar-refractivity contribution in [3.8, 4) is 0 Å². The zero-order valence-electron chi connectivity index (χ0n) is 16.3. The van der Waals surface area contributed by atoms with Crippen LogP contribution in [0.3, 0.4) is 0 Å². The Hall–Kier alpha value is -3.14. The van der Waals surface area contributed by atoms with Crippen LogP contribution < -0.4 is 0 Å². The van der Waals surface area contributed by atoms with Gasteiger partial charge in [-0.25, -0.2) is 0 Å². The van der Waals surface area contributed by atoms with Gasteiger partial charge in [-0.2, -0.15) is 13.2 Å². The summed E-state index contributed by atoms with van der Waals surface area (Å²) in [4.78, 5) is 13.4. The first-order chi connectivity index (χ1) is 14.4. The minimum atomic E-state index is -4.40. The fourth-order valence-corrected chi connectivity index (χ4v) is 4.24. The van der Waals surface area contributed by atoms with Crippen molar-refractivity contribution in [1.29, 1.82) is 0 Å². The molecule has 0 bridgehead atoms. The van der Waals surface area contributed by atoms with E-state index >= 15 is 0 Å². The molecule has 0 spiro atoms. The van der Waals surface area contributed by atoms with Crippen LogP contribution in [0, 0.1) is 5.41 Å². The number of alkyl halides is 3. The lowest BCUT2D eigenvalue weighted by Gasteiger charge is -2.27. The number of fused-ring (bicyclic) bond motifs is 1. The maximum atomic E-state index is 13.4. The van der Waals surface area contributed by atoms with Gasteiger partial charge in [-0.3, -0.25) is 4.79 Å². The SMILES string of the molecule is O=C1c2ccccc2C[C@]1(C/C=C/c1ccccc1)Cc1cccc(C(F)(F)F)c1. The average molecular weight is 406 g/mol. The standard InChI is InChI=1S/C26H21F3O/c27-26(28,29)22-13-6-10-20(16-22)17-25(15-7-11-19-8-2-1-3-9-19)18-21-12-4-5-14-23(21)24(25)30/h1-14,16H,15,17-18H2/b11-7+/t25-/m0/s1. The number of carbonyl (C=O) groups excluding carboxylic acids is 1. The Morgan fingerprint density at radius 2 is 1.63 bits per heavy atom. The molecule has 1 atom stereocenters. The Balaban J connectivity index is 1.67. The van der Waals surface area contributed by atoms with Gasteiger partial charge in [0.2, 0.25) is 0 Å². The zero-order chi connectivity index (χ0) is 21.2. The summed E-state index contributed by atoms with van der Waals surface area (Å²) in [5.74, 6) is 0.00761. The van der Waals surface area contributed by atoms with Gasteiger partial charge in [0.05, 0.1) is 5.56 Å². The molecule has 4 heteroatoms. The van der Waals surface area contributed by atoms with E-state index in [-0.39, 0.29) is 12.2 Å². The van der Waals surface area contributed by atoms with Crippen LogP contribution in [-0.4, -0.2) is 5.78 Å². The molecule has 3 aromatic rings. The smallest absolute Gasteiger partial charge is 0.294 e. The largest absolute Gasteiger partial charge is 0.416 e. The third-order valence-electron chi connectivity index (χ3n) is 5.69. The topological polar surface area (TPSA) is 17.1 Å². The molecule has 0 saturated carbocycles. The first-order valence-corrected chi connectivity index (χ1v) is 9.88. The van der Waals surface area contributed by atoms with Gasteiger partial charge >= 0.3 is 6.18 Å². The summed E-state index contributed by atoms with van der Waals surface area (Å²) in [7, 11) is 0. The number of allylic oxidation sites excluding steroid dienone is 1. The Labute approximate surface area is 173 Å². The fraction of sp³-hybridized carbons (Fsp3) is 0.192. The molecule has 0 aliphatic heterocycles. The van der Waals surface area contributed by atoms with Crippen LogP contribution in [0.15, 0.2) is 84.9 Å². The highest BCUT2D eigenvalue weighted by Crippen LogP contribution is 2.43. The second-order valence-corrected chi connectivity index (χ2v) is 7.84. The van der Waals surface area contributed by atoms with E-state index < -0.39 is 17.2 Å². The molecule has 0 amide bonds. The van der Waals surface area contributed by atoms with E-state index in [1.165, 1.54) is 12.1 Å². The molecule has 4 rings (SSSR count). The summed E-state index contributed by atoms with van der Waals surface area (Å²) in [6.07, 6.45) is 0.780. The molecule has 152 valence electrons. The molecule has 0 radical (unpaired) electrons. The van der Waals surface area contributed by atoms with E-state index in [1.54, 1.807) is 6.07 Å². The van der Waals surface area contributed by atoms with Crippen molar-refractivity contribution >= 4 is 11.9 Å². The molecule has 0 heterocycles. The monoisotopic (exact) mass is 406 g/mol. The summed E-state index contributed by atoms with van der Waals surface area (Å²) < 4.78 is 39.5. The van der Waals surface area contributed by atoms with E-state index in [4.69, 9.17) is 0 Å². The second-order valence-electron chi connectivity index (χ2n) is 7.84. The van der Waals surface area contributed by atoms with Crippen LogP contribution in [0.5, 0.6) is 0 Å². The van der Waals surface area contributed by atoms with Gasteiger partial charge in [-0.05, 0) is 42.0 Å². The third-order valence-corrected chi connectivity index (χ3v) is 5.69. The number of hydrogen-bond acceptors (Lipinski definition) is 1. The molecular weight excluding hydrogens is 385 g/mol. The molecule has 1 aliphatic carbocycles. The average Bonchev–Trinajstić information content (AvgIpc) is 3.00. The molecule has 0 aromatic heterocycles. The second kappa shape index (κ2) is 7.94. The number of rotatable bonds is 5. The summed E-state index contributed by atoms with van der Waals surface area (Å²) >= 11 is 0. The van der Waals surface area contributed by atoms with Crippen molar-refractivity contribution in [2.24, 2.45) is 5.41 Å². The first kappa shape index (κ1) is 20.1. The number of carbonyl (C=O) groups is 1. The molecule has 1 nitrogen and oxygen atoms in total. The summed E-state index contributed by atoms with van der Waals surface area (Å²) in [5, 5.41) is 0. The van der Waals surface area contributed by atoms with E-state index in [0.29, 0.717) is 24.0 Å². The molecule has 0 saturated heterocycles. The van der Waals surface area contributed by atoms with Crippen molar-refractivity contribution in [3.05, 3.63) is 113 Å². The van der Waals surface area contributed by atoms with Gasteiger partial charge in [-0.1, -0.05) is 84.9 Å². The predicted octanol–water partition coefficient (Wildman–Crippen LogP) is 6.78. The number of hydrogen-bond donors (Lipinski definition) is 0. The Morgan fingerprint density at radius 1 is 0.900 bits per heavy atom. The lowest BCUT2D eigenvalue weighted by molar-refractivity contribution is -0.137. The van der Waals surface area contributed by atoms with Gasteiger partial charge in [0.25, 0.3) is 0 Å². The number of halogens is 3. The van der Waals surface area contributed by atoms with Gasteiger partial charge in [0, 0.05) is 11.0 Å². The molecule has 30 heavy (non-hydrogen) atoms. The maximum absolute atomic E-state index is 13.4. The number of Topliss-reactive ketones (excluding diaryl/α,β-unsaturated/α-hetero) is 1. The van der Waals surface area contributed by atoms with Crippen LogP contribution in [0.25, 0.3) is 6.08 Å². The third kappa shape index (κ3) is 4.09. The van der Waals surface area contributed by atoms with Crippen LogP contribution in [0.4, 0.5) is 13.2 Å². The zero-order valence-corrected chi connectivity index (χ0v) is 16.3. The maximum Gasteiger partial charge on any atom is 0.416 e. The lowest BCUT2D eigenvalue weighted by Crippen LogP contribution is -2.30. The van der Waals surface area contributed by atoms with Crippen LogP contribution in [0.2, 0.25) is 0 Å². The van der Waals surface area contributed by atoms with E-state index in [9.17, 15) is 18.0 Å². The van der Waals surface area contributed by atoms with Gasteiger partial charge in [0.1, 0.15) is 0 Å². The Morgan fingerprint density at radius 3 is 2.37 bits per heavy atom. The molecule has 0 fully saturated rings. The van der Waals surface area contributed by atoms with Crippen molar-refractivity contribution < 1.29 is 18.0 Å². The molecule has 3 aromatic carbocycles. The highest BCUT2D eigenvalue weighted by molar-refractivity contribution is 6.05. The van der Waals surface area contributed by atoms with E-state index in [0.717, 1.165) is 17.2 Å². The van der Waals surface area contributed by atoms with Crippen LogP contribution in [0.1, 0.15) is 39.0 Å². The fourth-order valence-electron chi connectivity index (χ4n) is 4.24. The minimum Gasteiger partial charge on any atom is -0.294 e. The van der Waals surface area contributed by atoms with Gasteiger partial charge in [-0.15, -0.1) is 0 Å². The molecule has 0 N–H and O–H groups in total. The van der Waals surface area contributed by atoms with Gasteiger partial charge < -0.3 is 0 Å². The van der Waals surface area contributed by atoms with Crippen molar-refractivity contribution in [2.45, 2.75) is 25.4 Å². The number of benzene rings is 3.